The smallest absolute Gasteiger partial charge is 0.309 e. The molecule has 0 radical (unpaired) electrons. The third kappa shape index (κ3) is 2.53. The molecule has 1 aromatic rings. The minimum Gasteiger partial charge on any atom is -0.481 e. The van der Waals surface area contributed by atoms with Crippen molar-refractivity contribution in [1.82, 2.24) is 4.90 Å². The third-order valence-electron chi connectivity index (χ3n) is 3.57. The molecule has 0 saturated carbocycles. The number of halogens is 1. The van der Waals surface area contributed by atoms with E-state index in [2.05, 4.69) is 0 Å². The Balaban J connectivity index is 2.49. The van der Waals surface area contributed by atoms with Gasteiger partial charge in [0.15, 0.2) is 0 Å². The summed E-state index contributed by atoms with van der Waals surface area (Å²) in [6.07, 6.45) is -0.0192. The fourth-order valence-corrected chi connectivity index (χ4v) is 2.79. The van der Waals surface area contributed by atoms with Crippen LogP contribution in [0.4, 0.5) is 4.39 Å². The number of hydrogen-bond acceptors (Lipinski definition) is 2. The molecular weight excluding hydrogens is 261 g/mol. The molecule has 108 valence electrons. The first-order valence-corrected chi connectivity index (χ1v) is 6.52. The molecule has 1 aromatic carbocycles. The summed E-state index contributed by atoms with van der Waals surface area (Å²) in [7, 11) is 0. The van der Waals surface area contributed by atoms with Gasteiger partial charge in [-0.2, -0.15) is 0 Å². The molecule has 0 aromatic heterocycles. The van der Waals surface area contributed by atoms with Crippen LogP contribution in [0.15, 0.2) is 24.3 Å². The van der Waals surface area contributed by atoms with E-state index in [1.807, 2.05) is 20.8 Å². The van der Waals surface area contributed by atoms with Gasteiger partial charge in [0.2, 0.25) is 5.91 Å². The van der Waals surface area contributed by atoms with Crippen LogP contribution in [0.1, 0.15) is 38.8 Å². The first-order valence-electron chi connectivity index (χ1n) is 6.52. The van der Waals surface area contributed by atoms with Crippen LogP contribution in [-0.4, -0.2) is 27.4 Å². The lowest BCUT2D eigenvalue weighted by atomic mass is 9.92. The zero-order valence-corrected chi connectivity index (χ0v) is 11.8. The number of benzene rings is 1. The van der Waals surface area contributed by atoms with Crippen LogP contribution < -0.4 is 0 Å². The lowest BCUT2D eigenvalue weighted by Crippen LogP contribution is -2.44. The molecule has 0 bridgehead atoms. The Hall–Kier alpha value is -1.91. The van der Waals surface area contributed by atoms with Gasteiger partial charge in [-0.1, -0.05) is 12.1 Å². The van der Waals surface area contributed by atoms with Crippen molar-refractivity contribution in [2.45, 2.75) is 38.8 Å². The maximum absolute atomic E-state index is 13.0. The molecule has 2 atom stereocenters. The number of carbonyl (C=O) groups is 2. The zero-order chi connectivity index (χ0) is 15.1. The fourth-order valence-electron chi connectivity index (χ4n) is 2.79. The van der Waals surface area contributed by atoms with Crippen LogP contribution in [-0.2, 0) is 9.59 Å². The summed E-state index contributed by atoms with van der Waals surface area (Å²) in [4.78, 5) is 25.2. The molecular formula is C15H18FNO3. The van der Waals surface area contributed by atoms with Crippen LogP contribution >= 0.6 is 0 Å². The average molecular weight is 279 g/mol. The maximum Gasteiger partial charge on any atom is 0.309 e. The predicted molar refractivity (Wildman–Crippen MR) is 71.5 cm³/mol. The van der Waals surface area contributed by atoms with Gasteiger partial charge >= 0.3 is 5.97 Å². The Kier molecular flexibility index (Phi) is 3.54. The lowest BCUT2D eigenvalue weighted by Gasteiger charge is -2.38. The van der Waals surface area contributed by atoms with Crippen molar-refractivity contribution < 1.29 is 19.1 Å². The molecule has 0 spiro atoms. The summed E-state index contributed by atoms with van der Waals surface area (Å²) in [6, 6.07) is 5.12. The number of rotatable bonds is 2. The van der Waals surface area contributed by atoms with Gasteiger partial charge in [-0.15, -0.1) is 0 Å². The number of carbonyl (C=O) groups excluding carboxylic acids is 1. The number of aliphatic carboxylic acids is 1. The van der Waals surface area contributed by atoms with Crippen LogP contribution in [0.2, 0.25) is 0 Å². The number of carboxylic acids is 1. The van der Waals surface area contributed by atoms with Gasteiger partial charge in [-0.25, -0.2) is 4.39 Å². The number of nitrogens with zero attached hydrogens (tertiary/aromatic N) is 1. The minimum atomic E-state index is -1.00. The number of hydrogen-bond donors (Lipinski definition) is 1. The van der Waals surface area contributed by atoms with E-state index in [4.69, 9.17) is 0 Å². The summed E-state index contributed by atoms with van der Waals surface area (Å²) >= 11 is 0. The Morgan fingerprint density at radius 1 is 1.30 bits per heavy atom. The molecule has 1 heterocycles. The molecule has 5 heteroatoms. The topological polar surface area (TPSA) is 57.6 Å². The second-order valence-corrected chi connectivity index (χ2v) is 6.08. The monoisotopic (exact) mass is 279 g/mol. The Labute approximate surface area is 117 Å². The molecule has 4 nitrogen and oxygen atoms in total. The summed E-state index contributed by atoms with van der Waals surface area (Å²) in [6.45, 7) is 5.60. The van der Waals surface area contributed by atoms with Crippen molar-refractivity contribution >= 4 is 11.9 Å². The fraction of sp³-hybridized carbons (Fsp3) is 0.467. The van der Waals surface area contributed by atoms with E-state index in [0.29, 0.717) is 5.56 Å². The number of amides is 1. The summed E-state index contributed by atoms with van der Waals surface area (Å²) in [5.74, 6) is -2.36. The molecule has 1 saturated heterocycles. The highest BCUT2D eigenvalue weighted by molar-refractivity contribution is 5.87. The van der Waals surface area contributed by atoms with Gasteiger partial charge in [0.1, 0.15) is 5.82 Å². The van der Waals surface area contributed by atoms with Gasteiger partial charge in [0, 0.05) is 12.0 Å². The maximum atomic E-state index is 13.0. The second kappa shape index (κ2) is 4.89. The molecule has 0 aliphatic carbocycles. The molecule has 1 aliphatic heterocycles. The van der Waals surface area contributed by atoms with Crippen LogP contribution in [0, 0.1) is 11.7 Å². The van der Waals surface area contributed by atoms with Crippen molar-refractivity contribution in [3.8, 4) is 0 Å². The zero-order valence-electron chi connectivity index (χ0n) is 11.8. The van der Waals surface area contributed by atoms with E-state index in [1.54, 1.807) is 17.0 Å². The van der Waals surface area contributed by atoms with Gasteiger partial charge in [0.25, 0.3) is 0 Å². The first kappa shape index (κ1) is 14.5. The third-order valence-corrected chi connectivity index (χ3v) is 3.57. The average Bonchev–Trinajstić information content (AvgIpc) is 2.67. The van der Waals surface area contributed by atoms with E-state index < -0.39 is 23.5 Å². The Morgan fingerprint density at radius 2 is 1.85 bits per heavy atom. The van der Waals surface area contributed by atoms with Gasteiger partial charge < -0.3 is 10.0 Å². The van der Waals surface area contributed by atoms with Crippen molar-refractivity contribution in [3.05, 3.63) is 35.6 Å². The standard InChI is InChI=1S/C15H18FNO3/c1-15(2,3)17-12(18)8-11(14(19)20)13(17)9-4-6-10(16)7-5-9/h4-7,11,13H,8H2,1-3H3,(H,19,20). The Bertz CT molecular complexity index is 533. The van der Waals surface area contributed by atoms with Crippen molar-refractivity contribution in [2.24, 2.45) is 5.92 Å². The van der Waals surface area contributed by atoms with Crippen LogP contribution in [0.25, 0.3) is 0 Å². The van der Waals surface area contributed by atoms with Crippen LogP contribution in [0.5, 0.6) is 0 Å². The van der Waals surface area contributed by atoms with E-state index in [-0.39, 0.29) is 18.1 Å². The van der Waals surface area contributed by atoms with Gasteiger partial charge in [-0.3, -0.25) is 9.59 Å². The van der Waals surface area contributed by atoms with E-state index in [0.717, 1.165) is 0 Å². The normalized spacial score (nSPS) is 23.2. The molecule has 2 rings (SSSR count). The Morgan fingerprint density at radius 3 is 2.30 bits per heavy atom. The first-order chi connectivity index (χ1) is 9.21. The van der Waals surface area contributed by atoms with Crippen molar-refractivity contribution in [3.63, 3.8) is 0 Å². The number of carboxylic acid groups (broad SMARTS) is 1. The summed E-state index contributed by atoms with van der Waals surface area (Å²) < 4.78 is 13.0. The van der Waals surface area contributed by atoms with Crippen LogP contribution in [0.3, 0.4) is 0 Å². The summed E-state index contributed by atoms with van der Waals surface area (Å²) in [5, 5.41) is 9.35. The molecule has 1 fully saturated rings. The largest absolute Gasteiger partial charge is 0.481 e. The molecule has 1 aliphatic rings. The molecule has 1 amide bonds. The van der Waals surface area contributed by atoms with Crippen molar-refractivity contribution in [1.29, 1.82) is 0 Å². The summed E-state index contributed by atoms with van der Waals surface area (Å²) in [5.41, 5.74) is 0.167. The van der Waals surface area contributed by atoms with Gasteiger partial charge in [-0.05, 0) is 38.5 Å². The minimum absolute atomic E-state index is 0.0192. The quantitative estimate of drug-likeness (QED) is 0.905. The number of likely N-dealkylation sites (tertiary alicyclic amines) is 1. The van der Waals surface area contributed by atoms with Gasteiger partial charge in [0.05, 0.1) is 12.0 Å². The van der Waals surface area contributed by atoms with E-state index in [9.17, 15) is 19.1 Å². The van der Waals surface area contributed by atoms with Crippen molar-refractivity contribution in [2.75, 3.05) is 0 Å². The highest BCUT2D eigenvalue weighted by atomic mass is 19.1. The van der Waals surface area contributed by atoms with E-state index >= 15 is 0 Å². The SMILES string of the molecule is CC(C)(C)N1C(=O)CC(C(=O)O)C1c1ccc(F)cc1. The highest BCUT2D eigenvalue weighted by Gasteiger charge is 2.48. The molecule has 20 heavy (non-hydrogen) atoms. The highest BCUT2D eigenvalue weighted by Crippen LogP contribution is 2.42. The molecule has 1 N–H and O–H groups in total. The lowest BCUT2D eigenvalue weighted by molar-refractivity contribution is -0.142. The van der Waals surface area contributed by atoms with E-state index in [1.165, 1.54) is 12.1 Å². The second-order valence-electron chi connectivity index (χ2n) is 6.08. The molecule has 2 unspecified atom stereocenters. The predicted octanol–water partition coefficient (Wildman–Crippen LogP) is 2.60.